The third-order valence-electron chi connectivity index (χ3n) is 5.32. The summed E-state index contributed by atoms with van der Waals surface area (Å²) in [6.07, 6.45) is 3.70. The van der Waals surface area contributed by atoms with E-state index in [1.807, 2.05) is 41.1 Å². The summed E-state index contributed by atoms with van der Waals surface area (Å²) < 4.78 is 7.03. The fourth-order valence-corrected chi connectivity index (χ4v) is 3.58. The van der Waals surface area contributed by atoms with Gasteiger partial charge < -0.3 is 15.2 Å². The monoisotopic (exact) mass is 401 g/mol. The van der Waals surface area contributed by atoms with Gasteiger partial charge in [0.1, 0.15) is 0 Å². The Morgan fingerprint density at radius 2 is 1.83 bits per heavy atom. The Morgan fingerprint density at radius 3 is 2.53 bits per heavy atom. The fraction of sp³-hybridized carbons (Fsp3) is 0.240. The van der Waals surface area contributed by atoms with E-state index in [0.717, 1.165) is 27.7 Å². The van der Waals surface area contributed by atoms with Gasteiger partial charge in [0.2, 0.25) is 11.8 Å². The van der Waals surface area contributed by atoms with Crippen molar-refractivity contribution in [2.45, 2.75) is 32.7 Å². The van der Waals surface area contributed by atoms with E-state index in [2.05, 4.69) is 55.3 Å². The maximum atomic E-state index is 11.0. The highest BCUT2D eigenvalue weighted by Crippen LogP contribution is 2.36. The van der Waals surface area contributed by atoms with E-state index in [4.69, 9.17) is 4.74 Å². The zero-order valence-electron chi connectivity index (χ0n) is 17.8. The predicted molar refractivity (Wildman–Crippen MR) is 122 cm³/mol. The van der Waals surface area contributed by atoms with Gasteiger partial charge in [-0.2, -0.15) is 0 Å². The summed E-state index contributed by atoms with van der Waals surface area (Å²) in [5, 5.41) is 16.2. The van der Waals surface area contributed by atoms with Crippen LogP contribution in [0.3, 0.4) is 0 Å². The first-order valence-electron chi connectivity index (χ1n) is 10.0. The molecule has 5 nitrogen and oxygen atoms in total. The van der Waals surface area contributed by atoms with Gasteiger partial charge in [0, 0.05) is 41.8 Å². The molecule has 0 radical (unpaired) electrons. The number of ether oxygens (including phenoxy) is 1. The zero-order valence-corrected chi connectivity index (χ0v) is 17.8. The third-order valence-corrected chi connectivity index (χ3v) is 5.32. The largest absolute Gasteiger partial charge is 0.494 e. The van der Waals surface area contributed by atoms with Crippen molar-refractivity contribution in [1.29, 1.82) is 0 Å². The molecule has 30 heavy (non-hydrogen) atoms. The van der Waals surface area contributed by atoms with Crippen molar-refractivity contribution < 1.29 is 9.84 Å². The SMILES string of the molecule is COc1cc(CNc2cccc3cn(-c4ccc(C(C)(C)C)cc4)c(O)c23)ccn1. The Bertz CT molecular complexity index is 1170. The van der Waals surface area contributed by atoms with E-state index in [9.17, 15) is 5.11 Å². The quantitative estimate of drug-likeness (QED) is 0.454. The second-order valence-electron chi connectivity index (χ2n) is 8.45. The van der Waals surface area contributed by atoms with Crippen LogP contribution in [-0.4, -0.2) is 21.8 Å². The second kappa shape index (κ2) is 7.75. The number of hydrogen-bond donors (Lipinski definition) is 2. The van der Waals surface area contributed by atoms with Gasteiger partial charge in [0.05, 0.1) is 12.5 Å². The molecule has 154 valence electrons. The van der Waals surface area contributed by atoms with Crippen LogP contribution in [0.25, 0.3) is 16.5 Å². The number of fused-ring (bicyclic) bond motifs is 1. The van der Waals surface area contributed by atoms with E-state index >= 15 is 0 Å². The van der Waals surface area contributed by atoms with Gasteiger partial charge in [-0.3, -0.25) is 4.57 Å². The minimum absolute atomic E-state index is 0.0920. The van der Waals surface area contributed by atoms with Crippen molar-refractivity contribution in [3.8, 4) is 17.4 Å². The van der Waals surface area contributed by atoms with Crippen LogP contribution in [-0.2, 0) is 12.0 Å². The van der Waals surface area contributed by atoms with Crippen LogP contribution in [0.15, 0.2) is 67.0 Å². The van der Waals surface area contributed by atoms with E-state index in [0.29, 0.717) is 12.4 Å². The van der Waals surface area contributed by atoms with Crippen LogP contribution in [0.5, 0.6) is 11.8 Å². The molecule has 4 aromatic rings. The van der Waals surface area contributed by atoms with Crippen molar-refractivity contribution >= 4 is 16.5 Å². The predicted octanol–water partition coefficient (Wildman–Crippen LogP) is 5.65. The van der Waals surface area contributed by atoms with Crippen LogP contribution >= 0.6 is 0 Å². The number of benzene rings is 2. The first-order chi connectivity index (χ1) is 14.4. The number of anilines is 1. The molecule has 0 amide bonds. The Morgan fingerprint density at radius 1 is 1.07 bits per heavy atom. The summed E-state index contributed by atoms with van der Waals surface area (Å²) in [7, 11) is 1.61. The first kappa shape index (κ1) is 19.8. The van der Waals surface area contributed by atoms with Gasteiger partial charge in [-0.25, -0.2) is 4.98 Å². The van der Waals surface area contributed by atoms with Crippen molar-refractivity contribution in [3.63, 3.8) is 0 Å². The van der Waals surface area contributed by atoms with Crippen molar-refractivity contribution in [2.75, 3.05) is 12.4 Å². The van der Waals surface area contributed by atoms with Gasteiger partial charge in [-0.1, -0.05) is 45.0 Å². The number of nitrogens with one attached hydrogen (secondary N) is 1. The molecule has 0 atom stereocenters. The molecule has 2 aromatic carbocycles. The van der Waals surface area contributed by atoms with E-state index < -0.39 is 0 Å². The molecule has 0 aliphatic carbocycles. The van der Waals surface area contributed by atoms with Crippen LogP contribution in [0.2, 0.25) is 0 Å². The van der Waals surface area contributed by atoms with Crippen molar-refractivity contribution in [3.05, 3.63) is 78.1 Å². The molecule has 0 aliphatic rings. The second-order valence-corrected chi connectivity index (χ2v) is 8.45. The Labute approximate surface area is 177 Å². The maximum Gasteiger partial charge on any atom is 0.213 e. The molecule has 0 aliphatic heterocycles. The van der Waals surface area contributed by atoms with Crippen LogP contribution in [0, 0.1) is 0 Å². The average molecular weight is 402 g/mol. The summed E-state index contributed by atoms with van der Waals surface area (Å²) >= 11 is 0. The summed E-state index contributed by atoms with van der Waals surface area (Å²) in [5.41, 5.74) is 4.22. The number of hydrogen-bond acceptors (Lipinski definition) is 4. The normalized spacial score (nSPS) is 11.6. The molecule has 0 fully saturated rings. The lowest BCUT2D eigenvalue weighted by molar-refractivity contribution is 0.397. The number of aromatic nitrogens is 2. The summed E-state index contributed by atoms with van der Waals surface area (Å²) in [6, 6.07) is 18.2. The van der Waals surface area contributed by atoms with Crippen molar-refractivity contribution in [2.24, 2.45) is 0 Å². The van der Waals surface area contributed by atoms with Crippen LogP contribution in [0.4, 0.5) is 5.69 Å². The molecule has 0 unspecified atom stereocenters. The summed E-state index contributed by atoms with van der Waals surface area (Å²) in [4.78, 5) is 4.14. The van der Waals surface area contributed by atoms with E-state index in [-0.39, 0.29) is 11.3 Å². The van der Waals surface area contributed by atoms with Crippen LogP contribution < -0.4 is 10.1 Å². The number of rotatable bonds is 5. The lowest BCUT2D eigenvalue weighted by Gasteiger charge is -2.19. The highest BCUT2D eigenvalue weighted by atomic mass is 16.5. The number of pyridine rings is 1. The standard InChI is InChI=1S/C25H27N3O2/c1-25(2,3)19-8-10-20(11-9-19)28-16-18-6-5-7-21(23(18)24(28)29)27-15-17-12-13-26-22(14-17)30-4/h5-14,16,27,29H,15H2,1-4H3. The average Bonchev–Trinajstić information content (AvgIpc) is 3.09. The van der Waals surface area contributed by atoms with E-state index in [1.54, 1.807) is 13.3 Å². The summed E-state index contributed by atoms with van der Waals surface area (Å²) in [6.45, 7) is 7.18. The van der Waals surface area contributed by atoms with Gasteiger partial charge in [-0.15, -0.1) is 0 Å². The van der Waals surface area contributed by atoms with E-state index in [1.165, 1.54) is 5.56 Å². The Balaban J connectivity index is 1.66. The lowest BCUT2D eigenvalue weighted by atomic mass is 9.87. The maximum absolute atomic E-state index is 11.0. The van der Waals surface area contributed by atoms with Gasteiger partial charge in [0.25, 0.3) is 0 Å². The zero-order chi connectivity index (χ0) is 21.3. The smallest absolute Gasteiger partial charge is 0.213 e. The fourth-order valence-electron chi connectivity index (χ4n) is 3.58. The summed E-state index contributed by atoms with van der Waals surface area (Å²) in [5.74, 6) is 0.809. The molecule has 0 bridgehead atoms. The lowest BCUT2D eigenvalue weighted by Crippen LogP contribution is -2.10. The molecule has 0 saturated heterocycles. The molecule has 0 spiro atoms. The minimum atomic E-state index is 0.0920. The van der Waals surface area contributed by atoms with Gasteiger partial charge >= 0.3 is 0 Å². The Kier molecular flexibility index (Phi) is 5.12. The number of aromatic hydroxyl groups is 1. The topological polar surface area (TPSA) is 59.3 Å². The molecule has 2 heterocycles. The Hall–Kier alpha value is -3.47. The molecule has 2 aromatic heterocycles. The van der Waals surface area contributed by atoms with Crippen molar-refractivity contribution in [1.82, 2.24) is 9.55 Å². The highest BCUT2D eigenvalue weighted by Gasteiger charge is 2.16. The molecular weight excluding hydrogens is 374 g/mol. The van der Waals surface area contributed by atoms with Gasteiger partial charge in [0.15, 0.2) is 0 Å². The highest BCUT2D eigenvalue weighted by molar-refractivity contribution is 5.99. The third kappa shape index (κ3) is 3.83. The first-order valence-corrected chi connectivity index (χ1v) is 10.0. The number of nitrogens with zero attached hydrogens (tertiary/aromatic N) is 2. The minimum Gasteiger partial charge on any atom is -0.494 e. The molecule has 4 rings (SSSR count). The molecule has 0 saturated carbocycles. The molecular formula is C25H27N3O2. The molecule has 2 N–H and O–H groups in total. The number of methoxy groups -OCH3 is 1. The molecule has 5 heteroatoms. The van der Waals surface area contributed by atoms with Gasteiger partial charge in [-0.05, 0) is 40.8 Å². The van der Waals surface area contributed by atoms with Crippen LogP contribution in [0.1, 0.15) is 31.9 Å².